The molecule has 1 N–H and O–H groups in total. The Labute approximate surface area is 103 Å². The number of hydrogen-bond donors (Lipinski definition) is 1. The lowest BCUT2D eigenvalue weighted by atomic mass is 10.1. The van der Waals surface area contributed by atoms with Crippen molar-refractivity contribution in [3.63, 3.8) is 0 Å². The standard InChI is InChI=1S/C12H19NO3S/c1-3-7-10(4-2)13-12(14)11-8-5-6-9-17(11,15)16/h1,10-11H,4-9H2,2H3,(H,13,14). The highest BCUT2D eigenvalue weighted by Gasteiger charge is 2.35. The van der Waals surface area contributed by atoms with Gasteiger partial charge in [-0.05, 0) is 19.3 Å². The number of nitrogens with one attached hydrogen (secondary N) is 1. The fourth-order valence-corrected chi connectivity index (χ4v) is 3.79. The third kappa shape index (κ3) is 3.74. The van der Waals surface area contributed by atoms with Gasteiger partial charge >= 0.3 is 0 Å². The van der Waals surface area contributed by atoms with E-state index in [1.807, 2.05) is 6.92 Å². The second-order valence-electron chi connectivity index (χ2n) is 4.37. The van der Waals surface area contributed by atoms with Crippen LogP contribution in [0.2, 0.25) is 0 Å². The van der Waals surface area contributed by atoms with Crippen LogP contribution in [0.15, 0.2) is 0 Å². The molecule has 0 radical (unpaired) electrons. The van der Waals surface area contributed by atoms with Gasteiger partial charge in [0.15, 0.2) is 9.84 Å². The minimum Gasteiger partial charge on any atom is -0.351 e. The van der Waals surface area contributed by atoms with Crippen LogP contribution in [0.4, 0.5) is 0 Å². The van der Waals surface area contributed by atoms with Gasteiger partial charge in [-0.25, -0.2) is 8.42 Å². The Hall–Kier alpha value is -1.02. The molecular weight excluding hydrogens is 238 g/mol. The molecule has 1 aliphatic rings. The number of carbonyl (C=O) groups is 1. The summed E-state index contributed by atoms with van der Waals surface area (Å²) >= 11 is 0. The summed E-state index contributed by atoms with van der Waals surface area (Å²) in [5.74, 6) is 2.22. The second kappa shape index (κ2) is 6.06. The van der Waals surface area contributed by atoms with Gasteiger partial charge in [0.2, 0.25) is 5.91 Å². The van der Waals surface area contributed by atoms with E-state index < -0.39 is 15.1 Å². The van der Waals surface area contributed by atoms with Gasteiger partial charge in [-0.3, -0.25) is 4.79 Å². The summed E-state index contributed by atoms with van der Waals surface area (Å²) < 4.78 is 23.5. The smallest absolute Gasteiger partial charge is 0.238 e. The molecule has 0 aromatic heterocycles. The topological polar surface area (TPSA) is 63.2 Å². The van der Waals surface area contributed by atoms with E-state index >= 15 is 0 Å². The fourth-order valence-electron chi connectivity index (χ4n) is 1.98. The molecule has 4 nitrogen and oxygen atoms in total. The quantitative estimate of drug-likeness (QED) is 0.760. The first-order chi connectivity index (χ1) is 8.01. The Balaban J connectivity index is 2.66. The number of terminal acetylenes is 1. The van der Waals surface area contributed by atoms with E-state index in [9.17, 15) is 13.2 Å². The van der Waals surface area contributed by atoms with E-state index in [-0.39, 0.29) is 17.7 Å². The average Bonchev–Trinajstić information content (AvgIpc) is 2.27. The third-order valence-corrected chi connectivity index (χ3v) is 5.25. The summed E-state index contributed by atoms with van der Waals surface area (Å²) in [6.45, 7) is 1.91. The lowest BCUT2D eigenvalue weighted by Gasteiger charge is -2.23. The van der Waals surface area contributed by atoms with Crippen molar-refractivity contribution in [3.05, 3.63) is 0 Å². The zero-order valence-electron chi connectivity index (χ0n) is 10.1. The van der Waals surface area contributed by atoms with Gasteiger partial charge < -0.3 is 5.32 Å². The first kappa shape index (κ1) is 14.0. The molecule has 0 bridgehead atoms. The molecular formula is C12H19NO3S. The van der Waals surface area contributed by atoms with Gasteiger partial charge in [-0.2, -0.15) is 0 Å². The molecule has 2 atom stereocenters. The average molecular weight is 257 g/mol. The molecule has 1 heterocycles. The maximum atomic E-state index is 11.9. The third-order valence-electron chi connectivity index (χ3n) is 3.07. The van der Waals surface area contributed by atoms with Crippen LogP contribution < -0.4 is 5.32 Å². The molecule has 0 aromatic carbocycles. The van der Waals surface area contributed by atoms with Crippen molar-refractivity contribution >= 4 is 15.7 Å². The van der Waals surface area contributed by atoms with Crippen molar-refractivity contribution in [2.75, 3.05) is 5.75 Å². The van der Waals surface area contributed by atoms with Crippen molar-refractivity contribution < 1.29 is 13.2 Å². The van der Waals surface area contributed by atoms with Crippen LogP contribution in [0.1, 0.15) is 39.0 Å². The zero-order chi connectivity index (χ0) is 12.9. The lowest BCUT2D eigenvalue weighted by Crippen LogP contribution is -2.46. The highest BCUT2D eigenvalue weighted by atomic mass is 32.2. The Morgan fingerprint density at radius 3 is 2.76 bits per heavy atom. The molecule has 0 aliphatic carbocycles. The van der Waals surface area contributed by atoms with Crippen molar-refractivity contribution in [2.24, 2.45) is 0 Å². The van der Waals surface area contributed by atoms with Gasteiger partial charge in [0, 0.05) is 12.5 Å². The summed E-state index contributed by atoms with van der Waals surface area (Å²) in [5, 5.41) is 1.86. The molecule has 1 saturated heterocycles. The van der Waals surface area contributed by atoms with E-state index in [0.717, 1.165) is 6.42 Å². The normalized spacial score (nSPS) is 24.6. The molecule has 1 amide bonds. The number of amides is 1. The first-order valence-electron chi connectivity index (χ1n) is 5.96. The first-order valence-corrected chi connectivity index (χ1v) is 7.68. The number of sulfone groups is 1. The van der Waals surface area contributed by atoms with Gasteiger partial charge in [-0.1, -0.05) is 13.3 Å². The molecule has 2 unspecified atom stereocenters. The largest absolute Gasteiger partial charge is 0.351 e. The molecule has 0 spiro atoms. The number of carbonyl (C=O) groups excluding carboxylic acids is 1. The zero-order valence-corrected chi connectivity index (χ0v) is 10.9. The van der Waals surface area contributed by atoms with Gasteiger partial charge in [-0.15, -0.1) is 12.3 Å². The Kier molecular flexibility index (Phi) is 5.01. The molecule has 1 aliphatic heterocycles. The minimum atomic E-state index is -3.26. The molecule has 5 heteroatoms. The molecule has 17 heavy (non-hydrogen) atoms. The molecule has 0 aromatic rings. The van der Waals surface area contributed by atoms with Gasteiger partial charge in [0.05, 0.1) is 5.75 Å². The van der Waals surface area contributed by atoms with E-state index in [4.69, 9.17) is 6.42 Å². The van der Waals surface area contributed by atoms with Crippen molar-refractivity contribution in [2.45, 2.75) is 50.3 Å². The van der Waals surface area contributed by atoms with Gasteiger partial charge in [0.1, 0.15) is 5.25 Å². The summed E-state index contributed by atoms with van der Waals surface area (Å²) in [6.07, 6.45) is 8.23. The van der Waals surface area contributed by atoms with Crippen molar-refractivity contribution in [3.8, 4) is 12.3 Å². The predicted octanol–water partition coefficient (Wildman–Crippen LogP) is 0.872. The van der Waals surface area contributed by atoms with Crippen LogP contribution >= 0.6 is 0 Å². The molecule has 0 saturated carbocycles. The maximum absolute atomic E-state index is 11.9. The van der Waals surface area contributed by atoms with Crippen LogP contribution in [0, 0.1) is 12.3 Å². The van der Waals surface area contributed by atoms with Crippen LogP contribution in [0.5, 0.6) is 0 Å². The summed E-state index contributed by atoms with van der Waals surface area (Å²) in [4.78, 5) is 11.9. The number of hydrogen-bond acceptors (Lipinski definition) is 3. The van der Waals surface area contributed by atoms with Crippen LogP contribution in [-0.2, 0) is 14.6 Å². The van der Waals surface area contributed by atoms with Crippen molar-refractivity contribution in [1.82, 2.24) is 5.32 Å². The van der Waals surface area contributed by atoms with E-state index in [2.05, 4.69) is 11.2 Å². The molecule has 1 fully saturated rings. The van der Waals surface area contributed by atoms with Gasteiger partial charge in [0.25, 0.3) is 0 Å². The number of rotatable bonds is 4. The lowest BCUT2D eigenvalue weighted by molar-refractivity contribution is -0.121. The monoisotopic (exact) mass is 257 g/mol. The Morgan fingerprint density at radius 1 is 1.53 bits per heavy atom. The van der Waals surface area contributed by atoms with E-state index in [1.165, 1.54) is 0 Å². The fraction of sp³-hybridized carbons (Fsp3) is 0.750. The summed E-state index contributed by atoms with van der Waals surface area (Å²) in [6, 6.07) is -0.121. The second-order valence-corrected chi connectivity index (χ2v) is 6.68. The minimum absolute atomic E-state index is 0.121. The Bertz CT molecular complexity index is 408. The van der Waals surface area contributed by atoms with Crippen LogP contribution in [0.3, 0.4) is 0 Å². The van der Waals surface area contributed by atoms with Crippen LogP contribution in [0.25, 0.3) is 0 Å². The van der Waals surface area contributed by atoms with Crippen LogP contribution in [-0.4, -0.2) is 31.4 Å². The summed E-state index contributed by atoms with van der Waals surface area (Å²) in [7, 11) is -3.26. The summed E-state index contributed by atoms with van der Waals surface area (Å²) in [5.41, 5.74) is 0. The van der Waals surface area contributed by atoms with Crippen molar-refractivity contribution in [1.29, 1.82) is 0 Å². The Morgan fingerprint density at radius 2 is 2.24 bits per heavy atom. The maximum Gasteiger partial charge on any atom is 0.238 e. The molecule has 1 rings (SSSR count). The highest BCUT2D eigenvalue weighted by Crippen LogP contribution is 2.19. The molecule has 96 valence electrons. The van der Waals surface area contributed by atoms with E-state index in [1.54, 1.807) is 0 Å². The SMILES string of the molecule is C#CCC(CC)NC(=O)C1CCCCS1(=O)=O. The highest BCUT2D eigenvalue weighted by molar-refractivity contribution is 7.92. The predicted molar refractivity (Wildman–Crippen MR) is 67.1 cm³/mol. The van der Waals surface area contributed by atoms with E-state index in [0.29, 0.717) is 25.7 Å².